The van der Waals surface area contributed by atoms with Gasteiger partial charge in [0.05, 0.1) is 53.4 Å². The number of benzene rings is 3. The van der Waals surface area contributed by atoms with Crippen LogP contribution in [0.4, 0.5) is 37.2 Å². The summed E-state index contributed by atoms with van der Waals surface area (Å²) in [6.07, 6.45) is -0.0613. The number of ether oxygens (including phenoxy) is 4. The van der Waals surface area contributed by atoms with Crippen molar-refractivity contribution < 1.29 is 45.9 Å². The van der Waals surface area contributed by atoms with E-state index in [1.807, 2.05) is 12.1 Å². The van der Waals surface area contributed by atoms with Gasteiger partial charge in [-0.05, 0) is 96.5 Å². The molecule has 0 unspecified atom stereocenters. The van der Waals surface area contributed by atoms with Crippen molar-refractivity contribution in [3.8, 4) is 5.88 Å². The van der Waals surface area contributed by atoms with E-state index in [9.17, 15) is 23.3 Å². The molecule has 0 saturated carbocycles. The fourth-order valence-corrected chi connectivity index (χ4v) is 11.8. The molecule has 2 fully saturated rings. The Morgan fingerprint density at radius 1 is 0.973 bits per heavy atom. The number of halogens is 3. The predicted octanol–water partition coefficient (Wildman–Crippen LogP) is 10.2. The van der Waals surface area contributed by atoms with Gasteiger partial charge in [-0.1, -0.05) is 62.8 Å². The lowest BCUT2D eigenvalue weighted by molar-refractivity contribution is -0.384. The summed E-state index contributed by atoms with van der Waals surface area (Å²) >= 11 is 6.28. The van der Waals surface area contributed by atoms with Crippen LogP contribution in [-0.4, -0.2) is 126 Å². The number of hydrogen-bond donors (Lipinski definition) is 2. The molecular weight excluding hydrogens is 1030 g/mol. The number of piperazine rings is 1. The van der Waals surface area contributed by atoms with Crippen molar-refractivity contribution in [1.82, 2.24) is 19.2 Å². The highest BCUT2D eigenvalue weighted by atomic mass is 35.5. The van der Waals surface area contributed by atoms with Crippen LogP contribution in [0.1, 0.15) is 55.5 Å². The number of rotatable bonds is 17. The predicted molar refractivity (Wildman–Crippen MR) is 289 cm³/mol. The first-order valence-corrected chi connectivity index (χ1v) is 31.0. The molecule has 17 nitrogen and oxygen atoms in total. The highest BCUT2D eigenvalue weighted by molar-refractivity contribution is 7.90. The molecule has 5 aromatic rings. The molecule has 3 aliphatic heterocycles. The summed E-state index contributed by atoms with van der Waals surface area (Å²) in [5, 5.41) is 16.5. The van der Waals surface area contributed by atoms with Crippen molar-refractivity contribution in [2.24, 2.45) is 5.41 Å². The maximum absolute atomic E-state index is 15.7. The molecule has 3 aromatic carbocycles. The number of nitro benzene ring substituents is 1. The highest BCUT2D eigenvalue weighted by Crippen LogP contribution is 2.45. The van der Waals surface area contributed by atoms with E-state index in [4.69, 9.17) is 30.5 Å². The molecule has 75 heavy (non-hydrogen) atoms. The van der Waals surface area contributed by atoms with Crippen molar-refractivity contribution in [2.45, 2.75) is 89.1 Å². The van der Waals surface area contributed by atoms with E-state index in [1.165, 1.54) is 33.7 Å². The van der Waals surface area contributed by atoms with E-state index in [0.29, 0.717) is 67.7 Å². The van der Waals surface area contributed by atoms with Gasteiger partial charge in [0, 0.05) is 88.9 Å². The minimum absolute atomic E-state index is 0.0439. The molecule has 402 valence electrons. The number of sulfonamides is 1. The number of amides is 1. The lowest BCUT2D eigenvalue weighted by Gasteiger charge is -2.39. The summed E-state index contributed by atoms with van der Waals surface area (Å²) in [4.78, 5) is 36.3. The number of carbonyl (C=O) groups is 1. The van der Waals surface area contributed by atoms with E-state index < -0.39 is 52.0 Å². The van der Waals surface area contributed by atoms with E-state index in [2.05, 4.69) is 70.4 Å². The Morgan fingerprint density at radius 2 is 1.75 bits per heavy atom. The number of fused-ring (bicyclic) bond motifs is 2. The van der Waals surface area contributed by atoms with E-state index >= 15 is 8.78 Å². The van der Waals surface area contributed by atoms with Gasteiger partial charge in [0.2, 0.25) is 5.88 Å². The molecule has 2 N–H and O–H groups in total. The molecular formula is C53H65ClF2N8O9SSi. The van der Waals surface area contributed by atoms with Gasteiger partial charge in [0.15, 0.2) is 0 Å². The number of alkyl halides is 2. The maximum Gasteiger partial charge on any atom is 0.400 e. The lowest BCUT2D eigenvalue weighted by atomic mass is 9.72. The van der Waals surface area contributed by atoms with Crippen LogP contribution < -0.4 is 24.6 Å². The fraction of sp³-hybridized carbons (Fsp3) is 0.472. The molecule has 0 radical (unpaired) electrons. The SMILES string of the molecule is CC1(C)CCC(CN2CCN(c3ccc(C(=O)NS(=O)(=O)c4ccc(NC[C@H]5COCCO5)c([N+](=O)[O-])c4)c(N4CCC(F)(F)Oc5nc6c(ccn6COCC[Si](C)(C)C)cc54)c3)CC2)=C(c2ccc(Cl)cc2)C1. The second-order valence-electron chi connectivity index (χ2n) is 21.7. The van der Waals surface area contributed by atoms with E-state index in [0.717, 1.165) is 44.0 Å². The third-order valence-electron chi connectivity index (χ3n) is 14.2. The average Bonchev–Trinajstić information content (AvgIpc) is 3.70. The van der Waals surface area contributed by atoms with Crippen molar-refractivity contribution >= 4 is 80.6 Å². The number of nitro groups is 1. The number of hydrogen-bond acceptors (Lipinski definition) is 14. The molecule has 1 amide bonds. The van der Waals surface area contributed by atoms with Crippen LogP contribution in [0.2, 0.25) is 30.7 Å². The normalized spacial score (nSPS) is 19.3. The van der Waals surface area contributed by atoms with Crippen LogP contribution in [0.15, 0.2) is 89.5 Å². The fourth-order valence-electron chi connectivity index (χ4n) is 9.93. The Labute approximate surface area is 442 Å². The van der Waals surface area contributed by atoms with Gasteiger partial charge in [-0.2, -0.15) is 13.8 Å². The molecule has 0 spiro atoms. The Hall–Kier alpha value is -5.68. The molecule has 4 aliphatic rings. The zero-order valence-corrected chi connectivity index (χ0v) is 45.6. The second-order valence-corrected chi connectivity index (χ2v) is 29.5. The first-order valence-electron chi connectivity index (χ1n) is 25.4. The molecule has 1 atom stereocenters. The summed E-state index contributed by atoms with van der Waals surface area (Å²) in [6, 6.07) is 20.6. The quantitative estimate of drug-likeness (QED) is 0.0388. The number of allylic oxidation sites excluding steroid dienone is 1. The number of anilines is 4. The van der Waals surface area contributed by atoms with E-state index in [-0.39, 0.29) is 66.5 Å². The maximum atomic E-state index is 15.7. The van der Waals surface area contributed by atoms with Gasteiger partial charge in [0.25, 0.3) is 21.6 Å². The van der Waals surface area contributed by atoms with E-state index in [1.54, 1.807) is 35.0 Å². The third kappa shape index (κ3) is 13.1. The zero-order chi connectivity index (χ0) is 53.3. The largest absolute Gasteiger partial charge is 0.412 e. The van der Waals surface area contributed by atoms with Crippen LogP contribution in [0.3, 0.4) is 0 Å². The van der Waals surface area contributed by atoms with Crippen molar-refractivity contribution in [1.29, 1.82) is 0 Å². The Balaban J connectivity index is 1.02. The average molecular weight is 1090 g/mol. The number of nitrogens with zero attached hydrogens (tertiary/aromatic N) is 6. The molecule has 5 heterocycles. The first kappa shape index (κ1) is 54.1. The van der Waals surface area contributed by atoms with Crippen LogP contribution in [0.25, 0.3) is 16.6 Å². The first-order chi connectivity index (χ1) is 35.6. The van der Waals surface area contributed by atoms with Crippen LogP contribution in [0, 0.1) is 15.5 Å². The van der Waals surface area contributed by atoms with Gasteiger partial charge in [-0.25, -0.2) is 13.1 Å². The van der Waals surface area contributed by atoms with Crippen molar-refractivity contribution in [3.63, 3.8) is 0 Å². The summed E-state index contributed by atoms with van der Waals surface area (Å²) in [6.45, 7) is 16.4. The molecule has 2 saturated heterocycles. The Morgan fingerprint density at radius 3 is 2.47 bits per heavy atom. The van der Waals surface area contributed by atoms with Gasteiger partial charge < -0.3 is 38.6 Å². The number of aromatic nitrogens is 2. The molecule has 22 heteroatoms. The molecule has 0 bridgehead atoms. The lowest BCUT2D eigenvalue weighted by Crippen LogP contribution is -2.47. The summed E-state index contributed by atoms with van der Waals surface area (Å²) in [7, 11) is -6.15. The summed E-state index contributed by atoms with van der Waals surface area (Å²) in [5.74, 6) is -1.47. The standard InChI is InChI=1S/C53H65ClF2N8O9SSi/c1-52(2)16-14-38(44(31-52)36-6-8-39(54)9-7-36)33-60-20-22-61(23-21-60)40-10-12-43(50(65)59-74(68,69)42-11-13-45(47(30-42)64(66)67)57-32-41-34-70-24-25-72-41)46(29-40)63-19-17-53(55,56)73-51-48(63)28-37-15-18-62(49(37)58-51)35-71-26-27-75(3,4)5/h6-13,15,18,28-30,41,57H,14,16-17,19-27,31-35H2,1-5H3,(H,59,65)/t41-/m0/s1. The summed E-state index contributed by atoms with van der Waals surface area (Å²) in [5.41, 5.74) is 4.77. The zero-order valence-electron chi connectivity index (χ0n) is 43.0. The molecule has 9 rings (SSSR count). The van der Waals surface area contributed by atoms with Gasteiger partial charge >= 0.3 is 6.11 Å². The Bertz CT molecular complexity index is 3070. The van der Waals surface area contributed by atoms with Gasteiger partial charge in [0.1, 0.15) is 23.8 Å². The minimum atomic E-state index is -4.76. The van der Waals surface area contributed by atoms with Crippen LogP contribution in [-0.2, 0) is 31.0 Å². The smallest absolute Gasteiger partial charge is 0.400 e. The monoisotopic (exact) mass is 1090 g/mol. The summed E-state index contributed by atoms with van der Waals surface area (Å²) < 4.78 is 85.9. The molecule has 2 aromatic heterocycles. The van der Waals surface area contributed by atoms with Crippen LogP contribution in [0.5, 0.6) is 5.88 Å². The third-order valence-corrected chi connectivity index (χ3v) is 17.5. The van der Waals surface area contributed by atoms with Crippen molar-refractivity contribution in [3.05, 3.63) is 111 Å². The van der Waals surface area contributed by atoms with Gasteiger partial charge in [-0.15, -0.1) is 0 Å². The number of nitrogens with one attached hydrogen (secondary N) is 2. The Kier molecular flexibility index (Phi) is 16.0. The number of pyridine rings is 1. The minimum Gasteiger partial charge on any atom is -0.412 e. The van der Waals surface area contributed by atoms with Crippen LogP contribution >= 0.6 is 11.6 Å². The number of carbonyl (C=O) groups excluding carboxylic acids is 1. The topological polar surface area (TPSA) is 183 Å². The van der Waals surface area contributed by atoms with Gasteiger partial charge in [-0.3, -0.25) is 19.8 Å². The highest BCUT2D eigenvalue weighted by Gasteiger charge is 2.40. The molecule has 1 aliphatic carbocycles. The van der Waals surface area contributed by atoms with Crippen molar-refractivity contribution in [2.75, 3.05) is 87.4 Å². The second kappa shape index (κ2) is 22.1.